The van der Waals surface area contributed by atoms with Crippen LogP contribution in [0.2, 0.25) is 0 Å². The second-order valence-electron chi connectivity index (χ2n) is 5.60. The first-order chi connectivity index (χ1) is 10.8. The Morgan fingerprint density at radius 3 is 2.82 bits per heavy atom. The maximum Gasteiger partial charge on any atom is 0.123 e. The van der Waals surface area contributed by atoms with E-state index in [1.165, 1.54) is 17.7 Å². The Bertz CT molecular complexity index is 618. The zero-order valence-corrected chi connectivity index (χ0v) is 12.3. The fourth-order valence-corrected chi connectivity index (χ4v) is 2.82. The predicted molar refractivity (Wildman–Crippen MR) is 83.3 cm³/mol. The Labute approximate surface area is 129 Å². The monoisotopic (exact) mass is 301 g/mol. The van der Waals surface area contributed by atoms with Crippen LogP contribution >= 0.6 is 0 Å². The van der Waals surface area contributed by atoms with Crippen molar-refractivity contribution in [3.8, 4) is 5.75 Å². The quantitative estimate of drug-likeness (QED) is 0.892. The van der Waals surface area contributed by atoms with Gasteiger partial charge in [0.2, 0.25) is 0 Å². The summed E-state index contributed by atoms with van der Waals surface area (Å²) in [6.45, 7) is 0.691. The topological polar surface area (TPSA) is 41.5 Å². The molecule has 1 aliphatic heterocycles. The number of fused-ring (bicyclic) bond motifs is 1. The van der Waals surface area contributed by atoms with Crippen molar-refractivity contribution in [1.82, 2.24) is 5.32 Å². The highest BCUT2D eigenvalue weighted by Crippen LogP contribution is 2.29. The molecule has 1 heterocycles. The van der Waals surface area contributed by atoms with Gasteiger partial charge in [-0.25, -0.2) is 4.39 Å². The molecule has 2 N–H and O–H groups in total. The number of aliphatic hydroxyl groups is 1. The van der Waals surface area contributed by atoms with E-state index in [1.807, 2.05) is 30.3 Å². The number of ether oxygens (including phenoxy) is 1. The van der Waals surface area contributed by atoms with Crippen molar-refractivity contribution in [3.63, 3.8) is 0 Å². The number of nitrogens with one attached hydrogen (secondary N) is 1. The minimum Gasteiger partial charge on any atom is -0.488 e. The van der Waals surface area contributed by atoms with E-state index < -0.39 is 0 Å². The molecule has 2 aromatic carbocycles. The van der Waals surface area contributed by atoms with Gasteiger partial charge in [-0.05, 0) is 42.2 Å². The van der Waals surface area contributed by atoms with Gasteiger partial charge in [0.15, 0.2) is 0 Å². The molecule has 0 radical (unpaired) electrons. The summed E-state index contributed by atoms with van der Waals surface area (Å²) in [4.78, 5) is 0. The molecule has 0 aliphatic carbocycles. The SMILES string of the molecule is OC[C@H](NCc1ccccc1)C1CCc2cc(F)ccc2O1. The maximum atomic E-state index is 13.2. The van der Waals surface area contributed by atoms with Crippen LogP contribution in [0.25, 0.3) is 0 Å². The molecule has 2 aromatic rings. The molecule has 3 rings (SSSR count). The molecule has 0 fully saturated rings. The van der Waals surface area contributed by atoms with Crippen molar-refractivity contribution in [1.29, 1.82) is 0 Å². The Kier molecular flexibility index (Phi) is 4.71. The first-order valence-corrected chi connectivity index (χ1v) is 7.59. The van der Waals surface area contributed by atoms with Gasteiger partial charge >= 0.3 is 0 Å². The summed E-state index contributed by atoms with van der Waals surface area (Å²) in [5.74, 6) is 0.485. The number of halogens is 1. The van der Waals surface area contributed by atoms with Gasteiger partial charge in [-0.3, -0.25) is 0 Å². The molecule has 0 aromatic heterocycles. The first-order valence-electron chi connectivity index (χ1n) is 7.59. The molecule has 3 nitrogen and oxygen atoms in total. The van der Waals surface area contributed by atoms with Crippen molar-refractivity contribution >= 4 is 0 Å². The summed E-state index contributed by atoms with van der Waals surface area (Å²) >= 11 is 0. The van der Waals surface area contributed by atoms with Crippen LogP contribution in [0.1, 0.15) is 17.5 Å². The van der Waals surface area contributed by atoms with Gasteiger partial charge in [-0.15, -0.1) is 0 Å². The lowest BCUT2D eigenvalue weighted by atomic mass is 9.97. The Morgan fingerprint density at radius 1 is 1.23 bits per heavy atom. The highest BCUT2D eigenvalue weighted by atomic mass is 19.1. The van der Waals surface area contributed by atoms with Gasteiger partial charge in [0.05, 0.1) is 12.6 Å². The van der Waals surface area contributed by atoms with E-state index in [1.54, 1.807) is 6.07 Å². The Morgan fingerprint density at radius 2 is 2.05 bits per heavy atom. The van der Waals surface area contributed by atoms with Gasteiger partial charge in [0, 0.05) is 6.54 Å². The van der Waals surface area contributed by atoms with Gasteiger partial charge < -0.3 is 15.2 Å². The van der Waals surface area contributed by atoms with E-state index in [4.69, 9.17) is 4.74 Å². The summed E-state index contributed by atoms with van der Waals surface area (Å²) in [5.41, 5.74) is 2.07. The second-order valence-corrected chi connectivity index (χ2v) is 5.60. The number of rotatable bonds is 5. The van der Waals surface area contributed by atoms with E-state index in [0.29, 0.717) is 6.54 Å². The molecule has 0 saturated carbocycles. The molecule has 22 heavy (non-hydrogen) atoms. The molecule has 116 valence electrons. The fraction of sp³-hybridized carbons (Fsp3) is 0.333. The smallest absolute Gasteiger partial charge is 0.123 e. The van der Waals surface area contributed by atoms with Crippen molar-refractivity contribution < 1.29 is 14.2 Å². The standard InChI is InChI=1S/C18H20FNO2/c19-15-7-9-17-14(10-15)6-8-18(22-17)16(12-21)20-11-13-4-2-1-3-5-13/h1-5,7,9-10,16,18,20-21H,6,8,11-12H2/t16-,18?/m0/s1. The molecule has 1 aliphatic rings. The van der Waals surface area contributed by atoms with Crippen LogP contribution < -0.4 is 10.1 Å². The van der Waals surface area contributed by atoms with Gasteiger partial charge in [0.1, 0.15) is 17.7 Å². The van der Waals surface area contributed by atoms with Crippen LogP contribution in [0.15, 0.2) is 48.5 Å². The zero-order chi connectivity index (χ0) is 15.4. The molecule has 0 spiro atoms. The lowest BCUT2D eigenvalue weighted by Gasteiger charge is -2.32. The average Bonchev–Trinajstić information content (AvgIpc) is 2.56. The second kappa shape index (κ2) is 6.90. The molecule has 0 amide bonds. The minimum absolute atomic E-state index is 0.00796. The molecule has 0 bridgehead atoms. The van der Waals surface area contributed by atoms with E-state index in [-0.39, 0.29) is 24.6 Å². The number of aryl methyl sites for hydroxylation is 1. The summed E-state index contributed by atoms with van der Waals surface area (Å²) in [5, 5.41) is 13.0. The Balaban J connectivity index is 1.63. The fourth-order valence-electron chi connectivity index (χ4n) is 2.82. The molecule has 1 unspecified atom stereocenters. The van der Waals surface area contributed by atoms with Crippen LogP contribution in [0.5, 0.6) is 5.75 Å². The van der Waals surface area contributed by atoms with Crippen LogP contribution in [0.3, 0.4) is 0 Å². The van der Waals surface area contributed by atoms with Crippen LogP contribution in [0.4, 0.5) is 4.39 Å². The van der Waals surface area contributed by atoms with Crippen molar-refractivity contribution in [2.75, 3.05) is 6.61 Å². The molecular weight excluding hydrogens is 281 g/mol. The summed E-state index contributed by atoms with van der Waals surface area (Å²) in [7, 11) is 0. The van der Waals surface area contributed by atoms with Crippen molar-refractivity contribution in [2.45, 2.75) is 31.5 Å². The molecule has 2 atom stereocenters. The number of hydrogen-bond acceptors (Lipinski definition) is 3. The Hall–Kier alpha value is -1.91. The highest BCUT2D eigenvalue weighted by molar-refractivity contribution is 5.36. The summed E-state index contributed by atoms with van der Waals surface area (Å²) in [6, 6.07) is 14.5. The van der Waals surface area contributed by atoms with E-state index in [9.17, 15) is 9.50 Å². The number of aliphatic hydroxyl groups excluding tert-OH is 1. The lowest BCUT2D eigenvalue weighted by molar-refractivity contribution is 0.0914. The number of hydrogen-bond donors (Lipinski definition) is 2. The van der Waals surface area contributed by atoms with Crippen molar-refractivity contribution in [2.24, 2.45) is 0 Å². The van der Waals surface area contributed by atoms with E-state index >= 15 is 0 Å². The third kappa shape index (κ3) is 3.46. The van der Waals surface area contributed by atoms with Crippen LogP contribution in [-0.2, 0) is 13.0 Å². The average molecular weight is 301 g/mol. The summed E-state index contributed by atoms with van der Waals surface area (Å²) < 4.78 is 19.2. The molecule has 4 heteroatoms. The zero-order valence-electron chi connectivity index (χ0n) is 12.3. The first kappa shape index (κ1) is 15.0. The van der Waals surface area contributed by atoms with Gasteiger partial charge in [0.25, 0.3) is 0 Å². The number of benzene rings is 2. The third-order valence-corrected chi connectivity index (χ3v) is 4.06. The predicted octanol–water partition coefficient (Wildman–Crippen LogP) is 2.67. The maximum absolute atomic E-state index is 13.2. The van der Waals surface area contributed by atoms with Gasteiger partial charge in [-0.1, -0.05) is 30.3 Å². The highest BCUT2D eigenvalue weighted by Gasteiger charge is 2.27. The van der Waals surface area contributed by atoms with Crippen molar-refractivity contribution in [3.05, 3.63) is 65.5 Å². The largest absolute Gasteiger partial charge is 0.488 e. The molecular formula is C18H20FNO2. The molecule has 0 saturated heterocycles. The van der Waals surface area contributed by atoms with Crippen LogP contribution in [0, 0.1) is 5.82 Å². The summed E-state index contributed by atoms with van der Waals surface area (Å²) in [6.07, 6.45) is 1.43. The van der Waals surface area contributed by atoms with E-state index in [0.717, 1.165) is 24.2 Å². The van der Waals surface area contributed by atoms with E-state index in [2.05, 4.69) is 5.32 Å². The minimum atomic E-state index is -0.235. The normalized spacial score (nSPS) is 18.4. The van der Waals surface area contributed by atoms with Crippen LogP contribution in [-0.4, -0.2) is 23.9 Å². The lowest BCUT2D eigenvalue weighted by Crippen LogP contribution is -2.46. The third-order valence-electron chi connectivity index (χ3n) is 4.06. The van der Waals surface area contributed by atoms with Gasteiger partial charge in [-0.2, -0.15) is 0 Å².